The zero-order valence-corrected chi connectivity index (χ0v) is 13.9. The molecule has 6 heteroatoms. The van der Waals surface area contributed by atoms with Crippen LogP contribution in [0.25, 0.3) is 0 Å². The number of thiazole rings is 1. The van der Waals surface area contributed by atoms with E-state index in [4.69, 9.17) is 13.9 Å². The summed E-state index contributed by atoms with van der Waals surface area (Å²) in [6, 6.07) is 4.49. The predicted octanol–water partition coefficient (Wildman–Crippen LogP) is 2.93. The van der Waals surface area contributed by atoms with Crippen LogP contribution >= 0.6 is 11.3 Å². The Bertz CT molecular complexity index is 587. The van der Waals surface area contributed by atoms with Gasteiger partial charge in [-0.3, -0.25) is 4.90 Å². The average molecular weight is 334 g/mol. The van der Waals surface area contributed by atoms with Gasteiger partial charge in [-0.1, -0.05) is 0 Å². The van der Waals surface area contributed by atoms with Crippen molar-refractivity contribution in [3.63, 3.8) is 0 Å². The van der Waals surface area contributed by atoms with E-state index in [9.17, 15) is 0 Å². The molecule has 2 fully saturated rings. The van der Waals surface area contributed by atoms with Crippen LogP contribution in [0, 0.1) is 5.92 Å². The summed E-state index contributed by atoms with van der Waals surface area (Å²) in [5, 5.41) is 3.03. The molecule has 1 aliphatic carbocycles. The van der Waals surface area contributed by atoms with Crippen LogP contribution in [0.15, 0.2) is 34.4 Å². The van der Waals surface area contributed by atoms with Gasteiger partial charge in [-0.15, -0.1) is 11.3 Å². The molecule has 1 saturated carbocycles. The molecule has 0 bridgehead atoms. The molecule has 0 N–H and O–H groups in total. The van der Waals surface area contributed by atoms with Crippen LogP contribution in [0.4, 0.5) is 0 Å². The van der Waals surface area contributed by atoms with E-state index < -0.39 is 0 Å². The van der Waals surface area contributed by atoms with Crippen molar-refractivity contribution in [2.24, 2.45) is 5.92 Å². The summed E-state index contributed by atoms with van der Waals surface area (Å²) in [6.07, 6.45) is 6.21. The van der Waals surface area contributed by atoms with Crippen LogP contribution in [0.5, 0.6) is 0 Å². The van der Waals surface area contributed by atoms with Gasteiger partial charge in [-0.05, 0) is 25.0 Å². The Morgan fingerprint density at radius 1 is 1.39 bits per heavy atom. The highest BCUT2D eigenvalue weighted by Gasteiger charge is 2.42. The molecule has 2 aromatic rings. The van der Waals surface area contributed by atoms with Crippen LogP contribution in [0.1, 0.15) is 23.6 Å². The van der Waals surface area contributed by atoms with E-state index in [1.54, 1.807) is 17.6 Å². The first-order valence-electron chi connectivity index (χ1n) is 8.24. The Balaban J connectivity index is 1.31. The number of ether oxygens (including phenoxy) is 2. The van der Waals surface area contributed by atoms with Gasteiger partial charge in [0.2, 0.25) is 0 Å². The number of fused-ring (bicyclic) bond motifs is 1. The van der Waals surface area contributed by atoms with Gasteiger partial charge in [-0.25, -0.2) is 4.98 Å². The second kappa shape index (κ2) is 7.13. The van der Waals surface area contributed by atoms with E-state index >= 15 is 0 Å². The lowest BCUT2D eigenvalue weighted by Crippen LogP contribution is -2.50. The van der Waals surface area contributed by atoms with Gasteiger partial charge in [0.15, 0.2) is 0 Å². The van der Waals surface area contributed by atoms with Crippen LogP contribution in [-0.4, -0.2) is 41.8 Å². The molecule has 2 aromatic heterocycles. The molecule has 0 unspecified atom stereocenters. The van der Waals surface area contributed by atoms with Crippen LogP contribution < -0.4 is 0 Å². The molecule has 2 aliphatic rings. The molecule has 1 saturated heterocycles. The number of furan rings is 1. The highest BCUT2D eigenvalue weighted by Crippen LogP contribution is 2.35. The molecule has 0 radical (unpaired) electrons. The largest absolute Gasteiger partial charge is 0.468 e. The molecule has 124 valence electrons. The van der Waals surface area contributed by atoms with Gasteiger partial charge in [-0.2, -0.15) is 0 Å². The Labute approximate surface area is 140 Å². The van der Waals surface area contributed by atoms with E-state index in [0.717, 1.165) is 37.1 Å². The summed E-state index contributed by atoms with van der Waals surface area (Å²) in [4.78, 5) is 6.77. The number of hydrogen-bond donors (Lipinski definition) is 0. The summed E-state index contributed by atoms with van der Waals surface area (Å²) >= 11 is 1.64. The van der Waals surface area contributed by atoms with E-state index in [1.807, 2.05) is 23.7 Å². The van der Waals surface area contributed by atoms with E-state index in [-0.39, 0.29) is 6.10 Å². The second-order valence-electron chi connectivity index (χ2n) is 6.23. The third-order valence-corrected chi connectivity index (χ3v) is 5.57. The Hall–Kier alpha value is -1.21. The fourth-order valence-electron chi connectivity index (χ4n) is 3.74. The number of hydrogen-bond acceptors (Lipinski definition) is 6. The zero-order valence-electron chi connectivity index (χ0n) is 13.1. The molecule has 0 amide bonds. The standard InChI is InChI=1S/C17H22N2O3S/c1-2-14(21-7-1)10-19-6-8-22-17-13(3-4-15(17)19)11-20-12-16-18-5-9-23-16/h1-2,5,7,9,13,15,17H,3-4,6,8,10-12H2/t13-,15+,17-/m1/s1. The third kappa shape index (κ3) is 3.50. The molecular weight excluding hydrogens is 312 g/mol. The maximum atomic E-state index is 6.09. The normalized spacial score (nSPS) is 28.1. The van der Waals surface area contributed by atoms with Crippen LogP contribution in [-0.2, 0) is 22.6 Å². The van der Waals surface area contributed by atoms with E-state index in [0.29, 0.717) is 18.6 Å². The van der Waals surface area contributed by atoms with Crippen molar-refractivity contribution in [2.45, 2.75) is 38.1 Å². The number of morpholine rings is 1. The van der Waals surface area contributed by atoms with Crippen molar-refractivity contribution >= 4 is 11.3 Å². The van der Waals surface area contributed by atoms with Crippen molar-refractivity contribution < 1.29 is 13.9 Å². The summed E-state index contributed by atoms with van der Waals surface area (Å²) < 4.78 is 17.5. The van der Waals surface area contributed by atoms with Crippen molar-refractivity contribution in [1.29, 1.82) is 0 Å². The van der Waals surface area contributed by atoms with Crippen LogP contribution in [0.2, 0.25) is 0 Å². The summed E-state index contributed by atoms with van der Waals surface area (Å²) in [7, 11) is 0. The highest BCUT2D eigenvalue weighted by atomic mass is 32.1. The van der Waals surface area contributed by atoms with E-state index in [2.05, 4.69) is 9.88 Å². The molecule has 0 spiro atoms. The first-order valence-corrected chi connectivity index (χ1v) is 9.12. The zero-order chi connectivity index (χ0) is 15.5. The molecule has 23 heavy (non-hydrogen) atoms. The minimum atomic E-state index is 0.287. The van der Waals surface area contributed by atoms with Gasteiger partial charge in [0.05, 0.1) is 38.7 Å². The molecule has 1 aliphatic heterocycles. The first-order chi connectivity index (χ1) is 11.4. The van der Waals surface area contributed by atoms with E-state index in [1.165, 1.54) is 12.8 Å². The highest BCUT2D eigenvalue weighted by molar-refractivity contribution is 7.09. The van der Waals surface area contributed by atoms with Crippen molar-refractivity contribution in [1.82, 2.24) is 9.88 Å². The lowest BCUT2D eigenvalue weighted by Gasteiger charge is -2.38. The van der Waals surface area contributed by atoms with Gasteiger partial charge < -0.3 is 13.9 Å². The quantitative estimate of drug-likeness (QED) is 0.813. The maximum Gasteiger partial charge on any atom is 0.118 e. The third-order valence-electron chi connectivity index (χ3n) is 4.81. The lowest BCUT2D eigenvalue weighted by molar-refractivity contribution is -0.0904. The van der Waals surface area contributed by atoms with Crippen molar-refractivity contribution in [2.75, 3.05) is 19.8 Å². The number of aromatic nitrogens is 1. The van der Waals surface area contributed by atoms with Crippen molar-refractivity contribution in [3.05, 3.63) is 40.7 Å². The maximum absolute atomic E-state index is 6.09. The molecule has 5 nitrogen and oxygen atoms in total. The Kier molecular flexibility index (Phi) is 4.75. The minimum Gasteiger partial charge on any atom is -0.468 e. The van der Waals surface area contributed by atoms with Gasteiger partial charge >= 0.3 is 0 Å². The SMILES string of the molecule is c1coc(CN2CCO[C@@H]3[C@@H](COCc4nccs4)CC[C@@H]32)c1. The average Bonchev–Trinajstić information content (AvgIpc) is 3.30. The lowest BCUT2D eigenvalue weighted by atomic mass is 10.0. The smallest absolute Gasteiger partial charge is 0.118 e. The molecule has 4 rings (SSSR count). The summed E-state index contributed by atoms with van der Waals surface area (Å²) in [5.74, 6) is 1.52. The molecule has 3 atom stereocenters. The summed E-state index contributed by atoms with van der Waals surface area (Å²) in [5.41, 5.74) is 0. The Morgan fingerprint density at radius 2 is 2.39 bits per heavy atom. The molecule has 0 aromatic carbocycles. The fraction of sp³-hybridized carbons (Fsp3) is 0.588. The second-order valence-corrected chi connectivity index (χ2v) is 7.21. The topological polar surface area (TPSA) is 47.7 Å². The first kappa shape index (κ1) is 15.3. The fourth-order valence-corrected chi connectivity index (χ4v) is 4.29. The van der Waals surface area contributed by atoms with Gasteiger partial charge in [0.1, 0.15) is 10.8 Å². The number of nitrogens with zero attached hydrogens (tertiary/aromatic N) is 2. The number of rotatable bonds is 6. The van der Waals surface area contributed by atoms with Crippen molar-refractivity contribution in [3.8, 4) is 0 Å². The van der Waals surface area contributed by atoms with Crippen LogP contribution in [0.3, 0.4) is 0 Å². The Morgan fingerprint density at radius 3 is 3.22 bits per heavy atom. The molecule has 3 heterocycles. The monoisotopic (exact) mass is 334 g/mol. The van der Waals surface area contributed by atoms with Gasteiger partial charge in [0, 0.05) is 30.1 Å². The summed E-state index contributed by atoms with van der Waals surface area (Å²) in [6.45, 7) is 4.03. The molecular formula is C17H22N2O3S. The minimum absolute atomic E-state index is 0.287. The van der Waals surface area contributed by atoms with Gasteiger partial charge in [0.25, 0.3) is 0 Å². The predicted molar refractivity (Wildman–Crippen MR) is 87.1 cm³/mol.